The van der Waals surface area contributed by atoms with Crippen molar-refractivity contribution in [3.8, 4) is 5.75 Å². The van der Waals surface area contributed by atoms with Gasteiger partial charge in [0.05, 0.1) is 24.3 Å². The molecule has 0 unspecified atom stereocenters. The topological polar surface area (TPSA) is 57.4 Å². The van der Waals surface area contributed by atoms with Crippen LogP contribution in [0.3, 0.4) is 0 Å². The molecule has 1 fully saturated rings. The van der Waals surface area contributed by atoms with Gasteiger partial charge < -0.3 is 15.2 Å². The summed E-state index contributed by atoms with van der Waals surface area (Å²) in [5, 5.41) is 0.0722. The highest BCUT2D eigenvalue weighted by atomic mass is 35.5. The maximum atomic E-state index is 13.1. The summed E-state index contributed by atoms with van der Waals surface area (Å²) in [5.74, 6) is 1.20. The van der Waals surface area contributed by atoms with Crippen molar-refractivity contribution in [3.05, 3.63) is 52.4 Å². The fourth-order valence-electron chi connectivity index (χ4n) is 3.65. The number of benzene rings is 1. The van der Waals surface area contributed by atoms with E-state index in [0.717, 1.165) is 36.9 Å². The van der Waals surface area contributed by atoms with Gasteiger partial charge in [-0.25, -0.2) is 9.37 Å². The molecule has 0 saturated heterocycles. The van der Waals surface area contributed by atoms with E-state index in [1.807, 2.05) is 13.0 Å². The van der Waals surface area contributed by atoms with Gasteiger partial charge in [0.2, 0.25) is 0 Å². The molecule has 1 saturated carbocycles. The van der Waals surface area contributed by atoms with E-state index in [1.54, 1.807) is 6.07 Å². The van der Waals surface area contributed by atoms with Gasteiger partial charge >= 0.3 is 0 Å². The Morgan fingerprint density at radius 1 is 1.22 bits per heavy atom. The Labute approximate surface area is 164 Å². The molecule has 146 valence electrons. The van der Waals surface area contributed by atoms with Gasteiger partial charge in [-0.1, -0.05) is 18.0 Å². The molecular weight excluding hydrogens is 367 g/mol. The Kier molecular flexibility index (Phi) is 6.91. The monoisotopic (exact) mass is 392 g/mol. The molecule has 1 aliphatic rings. The highest BCUT2D eigenvalue weighted by Gasteiger charge is 2.28. The van der Waals surface area contributed by atoms with Crippen LogP contribution < -0.4 is 10.5 Å². The fraction of sp³-hybridized carbons (Fsp3) is 0.476. The van der Waals surface area contributed by atoms with E-state index in [4.69, 9.17) is 26.8 Å². The minimum absolute atomic E-state index is 0.0722. The molecule has 0 spiro atoms. The van der Waals surface area contributed by atoms with E-state index in [2.05, 4.69) is 11.1 Å². The number of anilines is 1. The van der Waals surface area contributed by atoms with Crippen molar-refractivity contribution in [3.63, 3.8) is 0 Å². The van der Waals surface area contributed by atoms with Crippen LogP contribution in [0.4, 0.5) is 10.2 Å². The predicted molar refractivity (Wildman–Crippen MR) is 106 cm³/mol. The number of hydrogen-bond donors (Lipinski definition) is 1. The van der Waals surface area contributed by atoms with E-state index in [9.17, 15) is 4.39 Å². The molecule has 0 bridgehead atoms. The Bertz CT molecular complexity index is 752. The lowest BCUT2D eigenvalue weighted by atomic mass is 9.98. The maximum Gasteiger partial charge on any atom is 0.142 e. The number of hydrogen-bond acceptors (Lipinski definition) is 4. The Balaban J connectivity index is 1.41. The summed E-state index contributed by atoms with van der Waals surface area (Å²) in [6.45, 7) is 3.19. The van der Waals surface area contributed by atoms with Gasteiger partial charge in [-0.2, -0.15) is 0 Å². The largest absolute Gasteiger partial charge is 0.493 e. The summed E-state index contributed by atoms with van der Waals surface area (Å²) in [6.07, 6.45) is 5.36. The molecule has 4 nitrogen and oxygen atoms in total. The van der Waals surface area contributed by atoms with Crippen LogP contribution in [0.1, 0.15) is 36.9 Å². The molecule has 1 heterocycles. The summed E-state index contributed by atoms with van der Waals surface area (Å²) in [6, 6.07) is 8.37. The Morgan fingerprint density at radius 3 is 2.85 bits per heavy atom. The molecule has 2 N–H and O–H groups in total. The van der Waals surface area contributed by atoms with Crippen molar-refractivity contribution in [2.75, 3.05) is 18.9 Å². The van der Waals surface area contributed by atoms with Gasteiger partial charge in [0.1, 0.15) is 17.4 Å². The molecule has 1 aromatic carbocycles. The third kappa shape index (κ3) is 5.81. The minimum Gasteiger partial charge on any atom is -0.493 e. The third-order valence-electron chi connectivity index (χ3n) is 4.88. The normalized spacial score (nSPS) is 19.4. The average molecular weight is 393 g/mol. The number of pyridine rings is 1. The summed E-state index contributed by atoms with van der Waals surface area (Å²) in [4.78, 5) is 4.45. The van der Waals surface area contributed by atoms with Crippen LogP contribution in [-0.2, 0) is 11.2 Å². The van der Waals surface area contributed by atoms with Crippen molar-refractivity contribution >= 4 is 17.4 Å². The molecule has 6 heteroatoms. The van der Waals surface area contributed by atoms with Gasteiger partial charge in [-0.3, -0.25) is 0 Å². The lowest BCUT2D eigenvalue weighted by molar-refractivity contribution is 0.0217. The van der Waals surface area contributed by atoms with Crippen LogP contribution in [0.15, 0.2) is 30.3 Å². The highest BCUT2D eigenvalue weighted by molar-refractivity contribution is 6.30. The summed E-state index contributed by atoms with van der Waals surface area (Å²) in [5.41, 5.74) is 8.05. The molecule has 1 aromatic heterocycles. The summed E-state index contributed by atoms with van der Waals surface area (Å²) < 4.78 is 24.8. The van der Waals surface area contributed by atoms with Gasteiger partial charge in [0, 0.05) is 18.2 Å². The SMILES string of the molecule is Cc1cc(N)nc(C[C@@H]2CCC[C@@H]2OCCCOc2ccc(F)c(Cl)c2)c1. The minimum atomic E-state index is -0.440. The van der Waals surface area contributed by atoms with Gasteiger partial charge in [-0.15, -0.1) is 0 Å². The van der Waals surface area contributed by atoms with E-state index >= 15 is 0 Å². The first kappa shape index (κ1) is 19.9. The quantitative estimate of drug-likeness (QED) is 0.645. The van der Waals surface area contributed by atoms with E-state index in [-0.39, 0.29) is 11.1 Å². The van der Waals surface area contributed by atoms with Crippen molar-refractivity contribution < 1.29 is 13.9 Å². The zero-order valence-corrected chi connectivity index (χ0v) is 16.3. The standard InChI is InChI=1S/C21H26ClFN2O2/c1-14-10-16(25-21(24)11-14)12-15-4-2-5-20(15)27-9-3-8-26-17-6-7-19(23)18(22)13-17/h6-7,10-11,13,15,20H,2-5,8-9,12H2,1H3,(H2,24,25)/t15-,20-/m0/s1. The second-order valence-electron chi connectivity index (χ2n) is 7.14. The zero-order valence-electron chi connectivity index (χ0n) is 15.6. The molecule has 27 heavy (non-hydrogen) atoms. The van der Waals surface area contributed by atoms with Crippen molar-refractivity contribution in [1.82, 2.24) is 4.98 Å². The molecule has 3 rings (SSSR count). The molecule has 2 atom stereocenters. The van der Waals surface area contributed by atoms with E-state index in [0.29, 0.717) is 30.7 Å². The number of halogens is 2. The number of nitrogens with zero attached hydrogens (tertiary/aromatic N) is 1. The molecule has 1 aliphatic carbocycles. The number of ether oxygens (including phenoxy) is 2. The van der Waals surface area contributed by atoms with Crippen molar-refractivity contribution in [2.45, 2.75) is 45.1 Å². The Hall–Kier alpha value is -1.85. The molecule has 0 radical (unpaired) electrons. The van der Waals surface area contributed by atoms with Crippen LogP contribution >= 0.6 is 11.6 Å². The van der Waals surface area contributed by atoms with E-state index in [1.165, 1.54) is 18.6 Å². The lowest BCUT2D eigenvalue weighted by Crippen LogP contribution is -2.22. The lowest BCUT2D eigenvalue weighted by Gasteiger charge is -2.20. The van der Waals surface area contributed by atoms with Crippen molar-refractivity contribution in [2.24, 2.45) is 5.92 Å². The van der Waals surface area contributed by atoms with Gasteiger partial charge in [-0.05, 0) is 61.9 Å². The summed E-state index contributed by atoms with van der Waals surface area (Å²) >= 11 is 5.75. The highest BCUT2D eigenvalue weighted by Crippen LogP contribution is 2.31. The second-order valence-corrected chi connectivity index (χ2v) is 7.55. The maximum absolute atomic E-state index is 13.1. The third-order valence-corrected chi connectivity index (χ3v) is 5.17. The van der Waals surface area contributed by atoms with Crippen LogP contribution in [0.2, 0.25) is 5.02 Å². The Morgan fingerprint density at radius 2 is 2.07 bits per heavy atom. The first-order valence-corrected chi connectivity index (χ1v) is 9.81. The average Bonchev–Trinajstić information content (AvgIpc) is 3.04. The van der Waals surface area contributed by atoms with Gasteiger partial charge in [0.15, 0.2) is 0 Å². The second kappa shape index (κ2) is 9.38. The van der Waals surface area contributed by atoms with Gasteiger partial charge in [0.25, 0.3) is 0 Å². The zero-order chi connectivity index (χ0) is 19.2. The number of nitrogen functional groups attached to an aromatic ring is 1. The first-order valence-electron chi connectivity index (χ1n) is 9.44. The van der Waals surface area contributed by atoms with Crippen LogP contribution in [-0.4, -0.2) is 24.3 Å². The number of aryl methyl sites for hydroxylation is 1. The van der Waals surface area contributed by atoms with Crippen molar-refractivity contribution in [1.29, 1.82) is 0 Å². The first-order chi connectivity index (χ1) is 13.0. The molecule has 0 aliphatic heterocycles. The predicted octanol–water partition coefficient (Wildman–Crippen LogP) is 4.96. The number of aromatic nitrogens is 1. The van der Waals surface area contributed by atoms with Crippen LogP contribution in [0, 0.1) is 18.7 Å². The molecular formula is C21H26ClFN2O2. The smallest absolute Gasteiger partial charge is 0.142 e. The molecule has 0 amide bonds. The molecule has 2 aromatic rings. The fourth-order valence-corrected chi connectivity index (χ4v) is 3.82. The van der Waals surface area contributed by atoms with E-state index < -0.39 is 5.82 Å². The van der Waals surface area contributed by atoms with Crippen LogP contribution in [0.5, 0.6) is 5.75 Å². The number of rotatable bonds is 8. The van der Waals surface area contributed by atoms with Crippen LogP contribution in [0.25, 0.3) is 0 Å². The summed E-state index contributed by atoms with van der Waals surface area (Å²) in [7, 11) is 0. The number of nitrogens with two attached hydrogens (primary N) is 1.